The third-order valence-corrected chi connectivity index (χ3v) is 3.49. The monoisotopic (exact) mass is 378 g/mol. The van der Waals surface area contributed by atoms with Crippen molar-refractivity contribution in [3.05, 3.63) is 39.6 Å². The van der Waals surface area contributed by atoms with Gasteiger partial charge >= 0.3 is 0 Å². The summed E-state index contributed by atoms with van der Waals surface area (Å²) in [5.41, 5.74) is 5.47. The van der Waals surface area contributed by atoms with Crippen molar-refractivity contribution in [2.75, 3.05) is 19.1 Å². The molecule has 0 amide bonds. The average Bonchev–Trinajstić information content (AvgIpc) is 2.46. The van der Waals surface area contributed by atoms with E-state index in [4.69, 9.17) is 9.47 Å². The number of nitrogens with one attached hydrogen (secondary N) is 1. The first-order chi connectivity index (χ1) is 11.0. The average molecular weight is 379 g/mol. The van der Waals surface area contributed by atoms with E-state index in [0.717, 1.165) is 21.4 Å². The molecule has 1 aromatic heterocycles. The molecule has 1 aromatic carbocycles. The molecule has 1 N–H and O–H groups in total. The van der Waals surface area contributed by atoms with Crippen LogP contribution in [-0.4, -0.2) is 29.9 Å². The second kappa shape index (κ2) is 7.92. The highest BCUT2D eigenvalue weighted by Crippen LogP contribution is 2.36. The van der Waals surface area contributed by atoms with Gasteiger partial charge in [-0.25, -0.2) is 15.4 Å². The molecule has 1 heterocycles. The van der Waals surface area contributed by atoms with Crippen LogP contribution in [-0.2, 0) is 0 Å². The summed E-state index contributed by atoms with van der Waals surface area (Å²) in [6.07, 6.45) is 1.67. The number of rotatable bonds is 6. The molecule has 0 spiro atoms. The first-order valence-corrected chi connectivity index (χ1v) is 7.94. The van der Waals surface area contributed by atoms with E-state index in [0.29, 0.717) is 24.1 Å². The Kier molecular flexibility index (Phi) is 5.92. The number of anilines is 1. The van der Waals surface area contributed by atoms with E-state index in [1.54, 1.807) is 13.3 Å². The lowest BCUT2D eigenvalue weighted by molar-refractivity contribution is 0.310. The van der Waals surface area contributed by atoms with Crippen molar-refractivity contribution in [1.29, 1.82) is 0 Å². The number of nitrogens with zero attached hydrogens (tertiary/aromatic N) is 3. The van der Waals surface area contributed by atoms with E-state index in [2.05, 4.69) is 36.4 Å². The fourth-order valence-electron chi connectivity index (χ4n) is 2.06. The second-order valence-corrected chi connectivity index (χ2v) is 5.67. The molecule has 2 rings (SSSR count). The quantitative estimate of drug-likeness (QED) is 0.612. The van der Waals surface area contributed by atoms with Crippen LogP contribution in [0.5, 0.6) is 11.5 Å². The predicted octanol–water partition coefficient (Wildman–Crippen LogP) is 3.71. The van der Waals surface area contributed by atoms with Gasteiger partial charge in [-0.3, -0.25) is 0 Å². The molecule has 23 heavy (non-hydrogen) atoms. The van der Waals surface area contributed by atoms with Gasteiger partial charge in [0.05, 0.1) is 24.4 Å². The molecule has 0 unspecified atom stereocenters. The Morgan fingerprint density at radius 3 is 2.52 bits per heavy atom. The zero-order valence-electron chi connectivity index (χ0n) is 13.6. The van der Waals surface area contributed by atoms with Gasteiger partial charge in [0, 0.05) is 11.4 Å². The summed E-state index contributed by atoms with van der Waals surface area (Å²) < 4.78 is 11.7. The van der Waals surface area contributed by atoms with Gasteiger partial charge in [0.1, 0.15) is 0 Å². The highest BCUT2D eigenvalue weighted by molar-refractivity contribution is 9.10. The highest BCUT2D eigenvalue weighted by atomic mass is 79.9. The molecule has 6 nitrogen and oxygen atoms in total. The maximum atomic E-state index is 5.58. The van der Waals surface area contributed by atoms with Gasteiger partial charge < -0.3 is 9.47 Å². The first kappa shape index (κ1) is 17.2. The Labute approximate surface area is 144 Å². The topological polar surface area (TPSA) is 68.6 Å². The second-order valence-electron chi connectivity index (χ2n) is 4.81. The Bertz CT molecular complexity index is 699. The fourth-order valence-corrected chi connectivity index (χ4v) is 2.69. The van der Waals surface area contributed by atoms with E-state index in [1.807, 2.05) is 39.0 Å². The van der Waals surface area contributed by atoms with Crippen LogP contribution in [0, 0.1) is 13.8 Å². The molecular weight excluding hydrogens is 360 g/mol. The molecule has 2 aromatic rings. The Morgan fingerprint density at radius 1 is 1.22 bits per heavy atom. The molecule has 7 heteroatoms. The van der Waals surface area contributed by atoms with E-state index < -0.39 is 0 Å². The van der Waals surface area contributed by atoms with Crippen LogP contribution >= 0.6 is 15.9 Å². The Morgan fingerprint density at radius 2 is 1.91 bits per heavy atom. The van der Waals surface area contributed by atoms with E-state index in [-0.39, 0.29) is 0 Å². The molecule has 0 saturated carbocycles. The predicted molar refractivity (Wildman–Crippen MR) is 94.6 cm³/mol. The van der Waals surface area contributed by atoms with E-state index in [9.17, 15) is 0 Å². The van der Waals surface area contributed by atoms with Gasteiger partial charge in [-0.2, -0.15) is 5.10 Å². The highest BCUT2D eigenvalue weighted by Gasteiger charge is 2.10. The smallest absolute Gasteiger partial charge is 0.243 e. The van der Waals surface area contributed by atoms with Gasteiger partial charge in [0.2, 0.25) is 5.95 Å². The number of ether oxygens (including phenoxy) is 2. The molecule has 0 atom stereocenters. The third-order valence-electron chi connectivity index (χ3n) is 2.90. The summed E-state index contributed by atoms with van der Waals surface area (Å²) in [5, 5.41) is 4.17. The van der Waals surface area contributed by atoms with Crippen molar-refractivity contribution in [1.82, 2.24) is 9.97 Å². The summed E-state index contributed by atoms with van der Waals surface area (Å²) in [4.78, 5) is 8.53. The fraction of sp³-hybridized carbons (Fsp3) is 0.312. The standard InChI is InChI=1S/C16H19BrN4O2/c1-5-23-14-8-12(7-13(17)15(14)22-4)9-18-21-16-19-10(2)6-11(3)20-16/h6-9H,5H2,1-4H3,(H,19,20,21)/b18-9-. The van der Waals surface area contributed by atoms with Gasteiger partial charge in [-0.05, 0) is 60.5 Å². The molecule has 122 valence electrons. The van der Waals surface area contributed by atoms with E-state index in [1.165, 1.54) is 0 Å². The zero-order chi connectivity index (χ0) is 16.8. The van der Waals surface area contributed by atoms with Gasteiger partial charge in [-0.15, -0.1) is 0 Å². The number of hydrogen-bond donors (Lipinski definition) is 1. The van der Waals surface area contributed by atoms with Gasteiger partial charge in [0.25, 0.3) is 0 Å². The molecular formula is C16H19BrN4O2. The minimum atomic E-state index is 0.469. The number of hydrogen-bond acceptors (Lipinski definition) is 6. The molecule has 0 aliphatic rings. The van der Waals surface area contributed by atoms with Crippen LogP contribution in [0.2, 0.25) is 0 Å². The first-order valence-electron chi connectivity index (χ1n) is 7.15. The van der Waals surface area contributed by atoms with Crippen molar-refractivity contribution >= 4 is 28.1 Å². The Hall–Kier alpha value is -2.15. The number of methoxy groups -OCH3 is 1. The number of benzene rings is 1. The van der Waals surface area contributed by atoms with Gasteiger partial charge in [-0.1, -0.05) is 0 Å². The SMILES string of the molecule is CCOc1cc(/C=N\Nc2nc(C)cc(C)n2)cc(Br)c1OC. The minimum Gasteiger partial charge on any atom is -0.492 e. The lowest BCUT2D eigenvalue weighted by atomic mass is 10.2. The number of aryl methyl sites for hydroxylation is 2. The van der Waals surface area contributed by atoms with Crippen LogP contribution in [0.25, 0.3) is 0 Å². The summed E-state index contributed by atoms with van der Waals surface area (Å²) >= 11 is 3.47. The summed E-state index contributed by atoms with van der Waals surface area (Å²) in [5.74, 6) is 1.79. The van der Waals surface area contributed by atoms with Crippen molar-refractivity contribution in [2.45, 2.75) is 20.8 Å². The molecule has 0 saturated heterocycles. The molecule has 0 bridgehead atoms. The maximum Gasteiger partial charge on any atom is 0.243 e. The molecule has 0 aliphatic carbocycles. The number of hydrazone groups is 1. The zero-order valence-corrected chi connectivity index (χ0v) is 15.1. The minimum absolute atomic E-state index is 0.469. The molecule has 0 fully saturated rings. The lowest BCUT2D eigenvalue weighted by Crippen LogP contribution is -2.00. The third kappa shape index (κ3) is 4.66. The van der Waals surface area contributed by atoms with Crippen LogP contribution in [0.3, 0.4) is 0 Å². The summed E-state index contributed by atoms with van der Waals surface area (Å²) in [7, 11) is 1.61. The normalized spacial score (nSPS) is 10.8. The van der Waals surface area contributed by atoms with Crippen molar-refractivity contribution in [3.8, 4) is 11.5 Å². The largest absolute Gasteiger partial charge is 0.492 e. The van der Waals surface area contributed by atoms with Gasteiger partial charge in [0.15, 0.2) is 11.5 Å². The molecule has 0 radical (unpaired) electrons. The van der Waals surface area contributed by atoms with Crippen molar-refractivity contribution in [3.63, 3.8) is 0 Å². The van der Waals surface area contributed by atoms with Crippen LogP contribution in [0.4, 0.5) is 5.95 Å². The lowest BCUT2D eigenvalue weighted by Gasteiger charge is -2.11. The van der Waals surface area contributed by atoms with Crippen LogP contribution in [0.1, 0.15) is 23.9 Å². The summed E-state index contributed by atoms with van der Waals surface area (Å²) in [6, 6.07) is 5.67. The van der Waals surface area contributed by atoms with E-state index >= 15 is 0 Å². The Balaban J connectivity index is 2.18. The van der Waals surface area contributed by atoms with Crippen LogP contribution < -0.4 is 14.9 Å². The van der Waals surface area contributed by atoms with Crippen molar-refractivity contribution in [2.24, 2.45) is 5.10 Å². The maximum absolute atomic E-state index is 5.58. The van der Waals surface area contributed by atoms with Crippen molar-refractivity contribution < 1.29 is 9.47 Å². The summed E-state index contributed by atoms with van der Waals surface area (Å²) in [6.45, 7) is 6.31. The number of aromatic nitrogens is 2. The molecule has 0 aliphatic heterocycles. The number of halogens is 1. The van der Waals surface area contributed by atoms with Crippen LogP contribution in [0.15, 0.2) is 27.8 Å².